The fourth-order valence-electron chi connectivity index (χ4n) is 2.61. The van der Waals surface area contributed by atoms with Gasteiger partial charge in [0.2, 0.25) is 0 Å². The first kappa shape index (κ1) is 16.7. The van der Waals surface area contributed by atoms with Gasteiger partial charge in [-0.15, -0.1) is 0 Å². The summed E-state index contributed by atoms with van der Waals surface area (Å²) in [7, 11) is 2.01. The zero-order chi connectivity index (χ0) is 15.4. The molecule has 1 N–H and O–H groups in total. The molecule has 0 saturated heterocycles. The van der Waals surface area contributed by atoms with E-state index in [9.17, 15) is 0 Å². The summed E-state index contributed by atoms with van der Waals surface area (Å²) in [4.78, 5) is 0. The van der Waals surface area contributed by atoms with E-state index in [0.29, 0.717) is 5.92 Å². The maximum absolute atomic E-state index is 3.67. The Bertz CT molecular complexity index is 608. The van der Waals surface area contributed by atoms with Crippen molar-refractivity contribution in [3.05, 3.63) is 68.1 Å². The van der Waals surface area contributed by atoms with Gasteiger partial charge in [0.25, 0.3) is 0 Å². The van der Waals surface area contributed by atoms with E-state index in [4.69, 9.17) is 0 Å². The topological polar surface area (TPSA) is 12.0 Å². The van der Waals surface area contributed by atoms with Crippen molar-refractivity contribution in [2.24, 2.45) is 5.92 Å². The Morgan fingerprint density at radius 3 is 2.48 bits per heavy atom. The monoisotopic (exact) mass is 409 g/mol. The average Bonchev–Trinajstić information content (AvgIpc) is 2.43. The van der Waals surface area contributed by atoms with Crippen LogP contribution in [-0.4, -0.2) is 7.05 Å². The Morgan fingerprint density at radius 1 is 1.05 bits per heavy atom. The van der Waals surface area contributed by atoms with Crippen molar-refractivity contribution >= 4 is 31.9 Å². The molecule has 0 heterocycles. The average molecular weight is 411 g/mol. The zero-order valence-electron chi connectivity index (χ0n) is 12.7. The van der Waals surface area contributed by atoms with Gasteiger partial charge in [0, 0.05) is 8.95 Å². The van der Waals surface area contributed by atoms with Crippen molar-refractivity contribution in [1.29, 1.82) is 0 Å². The van der Waals surface area contributed by atoms with E-state index in [1.54, 1.807) is 0 Å². The molecule has 112 valence electrons. The molecule has 1 atom stereocenters. The highest BCUT2D eigenvalue weighted by Crippen LogP contribution is 2.31. The lowest BCUT2D eigenvalue weighted by molar-refractivity contribution is 0.643. The van der Waals surface area contributed by atoms with E-state index in [2.05, 4.69) is 93.5 Å². The van der Waals surface area contributed by atoms with Crippen molar-refractivity contribution in [2.75, 3.05) is 7.05 Å². The van der Waals surface area contributed by atoms with E-state index >= 15 is 0 Å². The lowest BCUT2D eigenvalue weighted by Gasteiger charge is -2.20. The van der Waals surface area contributed by atoms with E-state index in [1.807, 2.05) is 7.05 Å². The van der Waals surface area contributed by atoms with Crippen LogP contribution in [0, 0.1) is 5.92 Å². The van der Waals surface area contributed by atoms with Gasteiger partial charge in [0.15, 0.2) is 0 Å². The molecule has 0 aromatic heterocycles. The number of halogens is 2. The van der Waals surface area contributed by atoms with Gasteiger partial charge in [0.1, 0.15) is 0 Å². The summed E-state index contributed by atoms with van der Waals surface area (Å²) in [5, 5.41) is 3.43. The number of benzene rings is 2. The molecule has 0 bridgehead atoms. The molecular weight excluding hydrogens is 390 g/mol. The number of rotatable bonds is 5. The molecule has 3 heteroatoms. The normalized spacial score (nSPS) is 12.7. The third-order valence-corrected chi connectivity index (χ3v) is 4.70. The van der Waals surface area contributed by atoms with E-state index < -0.39 is 0 Å². The first-order valence-corrected chi connectivity index (χ1v) is 8.81. The predicted octanol–water partition coefficient (Wildman–Crippen LogP) is 5.72. The van der Waals surface area contributed by atoms with Crippen LogP contribution in [0.1, 0.15) is 36.6 Å². The summed E-state index contributed by atoms with van der Waals surface area (Å²) < 4.78 is 2.22. The maximum atomic E-state index is 3.67. The fourth-order valence-corrected chi connectivity index (χ4v) is 3.46. The lowest BCUT2D eigenvalue weighted by Crippen LogP contribution is -2.18. The molecule has 0 fully saturated rings. The molecule has 0 radical (unpaired) electrons. The first-order chi connectivity index (χ1) is 10.0. The van der Waals surface area contributed by atoms with Gasteiger partial charge in [-0.05, 0) is 54.3 Å². The van der Waals surface area contributed by atoms with Gasteiger partial charge in [-0.2, -0.15) is 0 Å². The van der Waals surface area contributed by atoms with E-state index in [1.165, 1.54) is 16.7 Å². The summed E-state index contributed by atoms with van der Waals surface area (Å²) in [5.41, 5.74) is 3.94. The lowest BCUT2D eigenvalue weighted by atomic mass is 9.95. The third kappa shape index (κ3) is 4.41. The van der Waals surface area contributed by atoms with Gasteiger partial charge in [-0.25, -0.2) is 0 Å². The number of nitrogens with one attached hydrogen (secondary N) is 1. The quantitative estimate of drug-likeness (QED) is 0.664. The molecule has 0 spiro atoms. The van der Waals surface area contributed by atoms with E-state index in [0.717, 1.165) is 15.4 Å². The predicted molar refractivity (Wildman–Crippen MR) is 97.7 cm³/mol. The van der Waals surface area contributed by atoms with Crippen LogP contribution >= 0.6 is 31.9 Å². The van der Waals surface area contributed by atoms with Crippen molar-refractivity contribution in [1.82, 2.24) is 5.32 Å². The molecular formula is C18H21Br2N. The van der Waals surface area contributed by atoms with Crippen LogP contribution in [0.4, 0.5) is 0 Å². The Kier molecular flexibility index (Phi) is 6.03. The number of hydrogen-bond acceptors (Lipinski definition) is 1. The third-order valence-electron chi connectivity index (χ3n) is 3.49. The first-order valence-electron chi connectivity index (χ1n) is 7.22. The van der Waals surface area contributed by atoms with Gasteiger partial charge in [0.05, 0.1) is 6.04 Å². The van der Waals surface area contributed by atoms with Crippen LogP contribution in [0.3, 0.4) is 0 Å². The summed E-state index contributed by atoms with van der Waals surface area (Å²) in [6.07, 6.45) is 1.12. The second-order valence-corrected chi connectivity index (χ2v) is 7.50. The highest BCUT2D eigenvalue weighted by Gasteiger charge is 2.16. The van der Waals surface area contributed by atoms with Crippen molar-refractivity contribution in [2.45, 2.75) is 26.3 Å². The summed E-state index contributed by atoms with van der Waals surface area (Å²) >= 11 is 7.23. The highest BCUT2D eigenvalue weighted by atomic mass is 79.9. The molecule has 0 aliphatic rings. The Labute approximate surface area is 144 Å². The van der Waals surface area contributed by atoms with Crippen molar-refractivity contribution in [3.63, 3.8) is 0 Å². The molecule has 0 aliphatic carbocycles. The molecule has 0 saturated carbocycles. The summed E-state index contributed by atoms with van der Waals surface area (Å²) in [6, 6.07) is 15.4. The molecule has 0 aliphatic heterocycles. The van der Waals surface area contributed by atoms with E-state index in [-0.39, 0.29) is 6.04 Å². The Hall–Kier alpha value is -0.640. The Morgan fingerprint density at radius 2 is 1.81 bits per heavy atom. The van der Waals surface area contributed by atoms with Gasteiger partial charge < -0.3 is 5.32 Å². The fraction of sp³-hybridized carbons (Fsp3) is 0.333. The SMILES string of the molecule is CNC(c1cccc(CC(C)C)c1)c1cc(Br)ccc1Br. The second kappa shape index (κ2) is 7.57. The van der Waals surface area contributed by atoms with Crippen molar-refractivity contribution < 1.29 is 0 Å². The van der Waals surface area contributed by atoms with Crippen molar-refractivity contribution in [3.8, 4) is 0 Å². The molecule has 2 aromatic rings. The van der Waals surface area contributed by atoms with Gasteiger partial charge in [-0.3, -0.25) is 0 Å². The van der Waals surface area contributed by atoms with Crippen LogP contribution in [0.5, 0.6) is 0 Å². The van der Waals surface area contributed by atoms with Crippen LogP contribution in [0.2, 0.25) is 0 Å². The Balaban J connectivity index is 2.39. The standard InChI is InChI=1S/C18H21Br2N/c1-12(2)9-13-5-4-6-14(10-13)18(21-3)16-11-15(19)7-8-17(16)20/h4-8,10-12,18,21H,9H2,1-3H3. The van der Waals surface area contributed by atoms with Crippen LogP contribution in [0.25, 0.3) is 0 Å². The molecule has 2 rings (SSSR count). The van der Waals surface area contributed by atoms with Gasteiger partial charge in [-0.1, -0.05) is 70.0 Å². The number of hydrogen-bond donors (Lipinski definition) is 1. The zero-order valence-corrected chi connectivity index (χ0v) is 15.8. The van der Waals surface area contributed by atoms with Crippen LogP contribution in [-0.2, 0) is 6.42 Å². The maximum Gasteiger partial charge on any atom is 0.0585 e. The molecule has 0 amide bonds. The largest absolute Gasteiger partial charge is 0.309 e. The molecule has 21 heavy (non-hydrogen) atoms. The molecule has 2 aromatic carbocycles. The summed E-state index contributed by atoms with van der Waals surface area (Å²) in [5.74, 6) is 0.672. The highest BCUT2D eigenvalue weighted by molar-refractivity contribution is 9.11. The minimum atomic E-state index is 0.184. The smallest absolute Gasteiger partial charge is 0.0585 e. The minimum absolute atomic E-state index is 0.184. The van der Waals surface area contributed by atoms with Gasteiger partial charge >= 0.3 is 0 Å². The second-order valence-electron chi connectivity index (χ2n) is 5.73. The minimum Gasteiger partial charge on any atom is -0.309 e. The molecule has 1 unspecified atom stereocenters. The van der Waals surface area contributed by atoms with Crippen LogP contribution in [0.15, 0.2) is 51.4 Å². The molecule has 1 nitrogen and oxygen atoms in total. The summed E-state index contributed by atoms with van der Waals surface area (Å²) in [6.45, 7) is 4.51. The van der Waals surface area contributed by atoms with Crippen LogP contribution < -0.4 is 5.32 Å².